The molecule has 0 unspecified atom stereocenters. The number of hydrogen-bond acceptors (Lipinski definition) is 6. The number of pyridine rings is 1. The molecule has 3 rings (SSSR count). The molecular formula is C21H18NO5-. The van der Waals surface area contributed by atoms with Crippen molar-refractivity contribution in [2.75, 3.05) is 21.3 Å². The number of ether oxygens (including phenoxy) is 3. The van der Waals surface area contributed by atoms with E-state index in [0.717, 1.165) is 5.56 Å². The Morgan fingerprint density at radius 2 is 1.70 bits per heavy atom. The lowest BCUT2D eigenvalue weighted by molar-refractivity contribution is -0.254. The third-order valence-electron chi connectivity index (χ3n) is 4.12. The fourth-order valence-corrected chi connectivity index (χ4v) is 2.88. The van der Waals surface area contributed by atoms with Crippen molar-refractivity contribution in [2.45, 2.75) is 0 Å². The van der Waals surface area contributed by atoms with Gasteiger partial charge in [0.15, 0.2) is 11.5 Å². The highest BCUT2D eigenvalue weighted by Gasteiger charge is 2.14. The smallest absolute Gasteiger partial charge is 0.203 e. The third-order valence-corrected chi connectivity index (χ3v) is 4.12. The number of aromatic nitrogens is 1. The van der Waals surface area contributed by atoms with E-state index in [1.54, 1.807) is 49.6 Å². The van der Waals surface area contributed by atoms with E-state index in [-0.39, 0.29) is 5.56 Å². The highest BCUT2D eigenvalue weighted by atomic mass is 16.5. The molecule has 0 saturated carbocycles. The zero-order valence-corrected chi connectivity index (χ0v) is 15.2. The van der Waals surface area contributed by atoms with E-state index in [1.807, 2.05) is 6.07 Å². The van der Waals surface area contributed by atoms with Crippen molar-refractivity contribution < 1.29 is 24.1 Å². The van der Waals surface area contributed by atoms with Gasteiger partial charge in [-0.25, -0.2) is 4.98 Å². The Morgan fingerprint density at radius 1 is 0.963 bits per heavy atom. The zero-order chi connectivity index (χ0) is 19.4. The summed E-state index contributed by atoms with van der Waals surface area (Å²) in [5, 5.41) is 12.0. The molecular weight excluding hydrogens is 346 g/mol. The van der Waals surface area contributed by atoms with E-state index in [2.05, 4.69) is 4.98 Å². The monoisotopic (exact) mass is 364 g/mol. The molecule has 1 heterocycles. The summed E-state index contributed by atoms with van der Waals surface area (Å²) in [5.41, 5.74) is 1.91. The Bertz CT molecular complexity index is 1030. The number of para-hydroxylation sites is 1. The van der Waals surface area contributed by atoms with Crippen molar-refractivity contribution in [3.8, 4) is 17.2 Å². The number of methoxy groups -OCH3 is 3. The maximum Gasteiger partial charge on any atom is 0.203 e. The minimum atomic E-state index is -1.24. The fourth-order valence-electron chi connectivity index (χ4n) is 2.88. The molecule has 27 heavy (non-hydrogen) atoms. The van der Waals surface area contributed by atoms with Gasteiger partial charge in [-0.2, -0.15) is 0 Å². The molecule has 0 radical (unpaired) electrons. The molecule has 3 aromatic rings. The second-order valence-corrected chi connectivity index (χ2v) is 5.66. The van der Waals surface area contributed by atoms with Gasteiger partial charge >= 0.3 is 0 Å². The van der Waals surface area contributed by atoms with E-state index < -0.39 is 5.97 Å². The van der Waals surface area contributed by atoms with E-state index >= 15 is 0 Å². The number of aromatic carboxylic acids is 1. The minimum absolute atomic E-state index is 0.0968. The van der Waals surface area contributed by atoms with Crippen LogP contribution < -0.4 is 19.3 Å². The topological polar surface area (TPSA) is 80.7 Å². The standard InChI is InChI=1S/C21H19NO5/c1-25-18-11-9-13(19(26-2)20(18)27-3)8-10-14-12-16(21(23)24)15-6-4-5-7-17(15)22-14/h4-12H,1-3H3,(H,23,24)/p-1/b10-8+. The molecule has 0 N–H and O–H groups in total. The van der Waals surface area contributed by atoms with Crippen LogP contribution in [-0.4, -0.2) is 32.3 Å². The number of nitrogens with zero attached hydrogens (tertiary/aromatic N) is 1. The van der Waals surface area contributed by atoms with Crippen molar-refractivity contribution in [1.29, 1.82) is 0 Å². The largest absolute Gasteiger partial charge is 0.545 e. The van der Waals surface area contributed by atoms with Crippen LogP contribution in [0.3, 0.4) is 0 Å². The van der Waals surface area contributed by atoms with Gasteiger partial charge in [-0.05, 0) is 36.4 Å². The molecule has 0 aliphatic heterocycles. The number of hydrogen-bond donors (Lipinski definition) is 0. The molecule has 2 aromatic carbocycles. The number of fused-ring (bicyclic) bond motifs is 1. The molecule has 0 amide bonds. The van der Waals surface area contributed by atoms with Crippen LogP contribution in [-0.2, 0) is 0 Å². The Hall–Kier alpha value is -3.54. The predicted molar refractivity (Wildman–Crippen MR) is 101 cm³/mol. The van der Waals surface area contributed by atoms with Crippen molar-refractivity contribution in [2.24, 2.45) is 0 Å². The SMILES string of the molecule is COc1ccc(/C=C/c2cc(C(=O)[O-])c3ccccc3n2)c(OC)c1OC. The van der Waals surface area contributed by atoms with Crippen LogP contribution in [0.15, 0.2) is 42.5 Å². The molecule has 1 aromatic heterocycles. The van der Waals surface area contributed by atoms with E-state index in [0.29, 0.717) is 33.8 Å². The lowest BCUT2D eigenvalue weighted by Gasteiger charge is -2.14. The van der Waals surface area contributed by atoms with E-state index in [1.165, 1.54) is 20.3 Å². The first kappa shape index (κ1) is 18.3. The summed E-state index contributed by atoms with van der Waals surface area (Å²) in [5.74, 6) is 0.291. The van der Waals surface area contributed by atoms with Crippen molar-refractivity contribution >= 4 is 29.0 Å². The predicted octanol–water partition coefficient (Wildman–Crippen LogP) is 2.79. The molecule has 138 valence electrons. The van der Waals surface area contributed by atoms with Gasteiger partial charge in [0.2, 0.25) is 5.75 Å². The molecule has 0 aliphatic carbocycles. The van der Waals surface area contributed by atoms with Crippen LogP contribution in [0.4, 0.5) is 0 Å². The third kappa shape index (κ3) is 3.55. The molecule has 0 aliphatic rings. The summed E-state index contributed by atoms with van der Waals surface area (Å²) >= 11 is 0. The van der Waals surface area contributed by atoms with Crippen LogP contribution in [0.2, 0.25) is 0 Å². The number of carboxylic acids is 1. The Labute approximate surface area is 156 Å². The molecule has 0 saturated heterocycles. The van der Waals surface area contributed by atoms with Gasteiger partial charge in [0.1, 0.15) is 0 Å². The second-order valence-electron chi connectivity index (χ2n) is 5.66. The van der Waals surface area contributed by atoms with E-state index in [4.69, 9.17) is 14.2 Å². The van der Waals surface area contributed by atoms with Gasteiger partial charge in [-0.1, -0.05) is 18.2 Å². The average molecular weight is 364 g/mol. The zero-order valence-electron chi connectivity index (χ0n) is 15.2. The number of rotatable bonds is 6. The van der Waals surface area contributed by atoms with Gasteiger partial charge in [-0.3, -0.25) is 0 Å². The Kier molecular flexibility index (Phi) is 5.26. The molecule has 0 fully saturated rings. The highest BCUT2D eigenvalue weighted by Crippen LogP contribution is 2.40. The summed E-state index contributed by atoms with van der Waals surface area (Å²) in [7, 11) is 4.62. The Morgan fingerprint density at radius 3 is 2.37 bits per heavy atom. The first-order valence-electron chi connectivity index (χ1n) is 8.17. The molecule has 6 nitrogen and oxygen atoms in total. The summed E-state index contributed by atoms with van der Waals surface area (Å²) in [6.07, 6.45) is 3.49. The number of carboxylic acid groups (broad SMARTS) is 1. The van der Waals surface area contributed by atoms with Crippen LogP contribution in [0.5, 0.6) is 17.2 Å². The normalized spacial score (nSPS) is 10.9. The van der Waals surface area contributed by atoms with Gasteiger partial charge in [-0.15, -0.1) is 0 Å². The van der Waals surface area contributed by atoms with E-state index in [9.17, 15) is 9.90 Å². The highest BCUT2D eigenvalue weighted by molar-refractivity contribution is 6.02. The van der Waals surface area contributed by atoms with Crippen LogP contribution in [0.1, 0.15) is 21.6 Å². The summed E-state index contributed by atoms with van der Waals surface area (Å²) in [6.45, 7) is 0. The number of carbonyl (C=O) groups excluding carboxylic acids is 1. The molecule has 6 heteroatoms. The van der Waals surface area contributed by atoms with Crippen LogP contribution >= 0.6 is 0 Å². The quantitative estimate of drug-likeness (QED) is 0.669. The fraction of sp³-hybridized carbons (Fsp3) is 0.143. The Balaban J connectivity index is 2.08. The summed E-state index contributed by atoms with van der Waals surface area (Å²) < 4.78 is 16.1. The molecule has 0 atom stereocenters. The van der Waals surface area contributed by atoms with Gasteiger partial charge in [0, 0.05) is 16.5 Å². The van der Waals surface area contributed by atoms with Gasteiger partial charge < -0.3 is 24.1 Å². The first-order chi connectivity index (χ1) is 13.1. The maximum absolute atomic E-state index is 11.5. The molecule has 0 spiro atoms. The second kappa shape index (κ2) is 7.78. The van der Waals surface area contributed by atoms with Crippen molar-refractivity contribution in [3.63, 3.8) is 0 Å². The van der Waals surface area contributed by atoms with Gasteiger partial charge in [0.25, 0.3) is 0 Å². The minimum Gasteiger partial charge on any atom is -0.545 e. The maximum atomic E-state index is 11.5. The number of carbonyl (C=O) groups is 1. The van der Waals surface area contributed by atoms with Crippen molar-refractivity contribution in [3.05, 3.63) is 59.3 Å². The lowest BCUT2D eigenvalue weighted by Crippen LogP contribution is -2.22. The first-order valence-corrected chi connectivity index (χ1v) is 8.17. The summed E-state index contributed by atoms with van der Waals surface area (Å²) in [6, 6.07) is 12.1. The lowest BCUT2D eigenvalue weighted by atomic mass is 10.1. The number of benzene rings is 2. The van der Waals surface area contributed by atoms with Crippen molar-refractivity contribution in [1.82, 2.24) is 4.98 Å². The van der Waals surface area contributed by atoms with Gasteiger partial charge in [0.05, 0.1) is 38.5 Å². The summed E-state index contributed by atoms with van der Waals surface area (Å²) in [4.78, 5) is 16.0. The molecule has 0 bridgehead atoms. The average Bonchev–Trinajstić information content (AvgIpc) is 2.70. The van der Waals surface area contributed by atoms with Crippen LogP contribution in [0, 0.1) is 0 Å². The van der Waals surface area contributed by atoms with Crippen LogP contribution in [0.25, 0.3) is 23.1 Å².